The molecule has 1 aliphatic rings. The van der Waals surface area contributed by atoms with E-state index in [1.165, 1.54) is 12.3 Å². The molecule has 2 atom stereocenters. The Morgan fingerprint density at radius 2 is 1.83 bits per heavy atom. The monoisotopic (exact) mass is 308 g/mol. The average Bonchev–Trinajstić information content (AvgIpc) is 2.59. The van der Waals surface area contributed by atoms with Crippen LogP contribution in [-0.2, 0) is 0 Å². The molecule has 1 aliphatic carbocycles. The summed E-state index contributed by atoms with van der Waals surface area (Å²) in [5.41, 5.74) is 1.34. The van der Waals surface area contributed by atoms with Gasteiger partial charge in [0, 0.05) is 12.3 Å². The van der Waals surface area contributed by atoms with Gasteiger partial charge in [0.25, 0.3) is 0 Å². The quantitative estimate of drug-likeness (QED) is 0.904. The molecule has 3 rings (SSSR count). The van der Waals surface area contributed by atoms with Crippen LogP contribution in [0.5, 0.6) is 0 Å². The van der Waals surface area contributed by atoms with Crippen LogP contribution < -0.4 is 5.32 Å². The summed E-state index contributed by atoms with van der Waals surface area (Å²) in [5, 5.41) is 13.3. The van der Waals surface area contributed by atoms with E-state index in [0.717, 1.165) is 5.56 Å². The molecule has 0 bridgehead atoms. The van der Waals surface area contributed by atoms with E-state index in [0.29, 0.717) is 5.56 Å². The van der Waals surface area contributed by atoms with Crippen LogP contribution in [0.4, 0.5) is 0 Å². The van der Waals surface area contributed by atoms with Crippen molar-refractivity contribution >= 4 is 11.6 Å². The number of ketones is 2. The number of pyridine rings is 1. The number of allylic oxidation sites excluding steroid dienone is 2. The molecule has 23 heavy (non-hydrogen) atoms. The minimum Gasteiger partial charge on any atom is -0.386 e. The van der Waals surface area contributed by atoms with Crippen LogP contribution in [0.25, 0.3) is 0 Å². The van der Waals surface area contributed by atoms with Crippen molar-refractivity contribution in [1.82, 2.24) is 10.3 Å². The zero-order valence-corrected chi connectivity index (χ0v) is 12.6. The zero-order valence-electron chi connectivity index (χ0n) is 12.6. The SMILES string of the molecule is CC(NC1=CC(=O)c2cccnc2C1=O)C(O)c1ccccc1. The predicted molar refractivity (Wildman–Crippen MR) is 85.0 cm³/mol. The molecule has 1 aromatic carbocycles. The number of carbonyl (C=O) groups is 2. The number of fused-ring (bicyclic) bond motifs is 1. The summed E-state index contributed by atoms with van der Waals surface area (Å²) in [6.45, 7) is 1.75. The molecule has 0 saturated heterocycles. The minimum atomic E-state index is -0.801. The molecule has 0 spiro atoms. The summed E-state index contributed by atoms with van der Waals surface area (Å²) in [6, 6.07) is 11.9. The highest BCUT2D eigenvalue weighted by atomic mass is 16.3. The van der Waals surface area contributed by atoms with Gasteiger partial charge in [-0.15, -0.1) is 0 Å². The molecule has 0 amide bonds. The van der Waals surface area contributed by atoms with Crippen LogP contribution in [-0.4, -0.2) is 27.7 Å². The number of aromatic nitrogens is 1. The van der Waals surface area contributed by atoms with Crippen molar-refractivity contribution in [3.05, 3.63) is 77.3 Å². The Kier molecular flexibility index (Phi) is 4.04. The van der Waals surface area contributed by atoms with Crippen molar-refractivity contribution < 1.29 is 14.7 Å². The second-order valence-electron chi connectivity index (χ2n) is 5.44. The first-order chi connectivity index (χ1) is 11.1. The number of nitrogens with zero attached hydrogens (tertiary/aromatic N) is 1. The Labute approximate surface area is 133 Å². The first-order valence-electron chi connectivity index (χ1n) is 7.33. The summed E-state index contributed by atoms with van der Waals surface area (Å²) in [7, 11) is 0. The fourth-order valence-corrected chi connectivity index (χ4v) is 2.56. The standard InChI is InChI=1S/C18H16N2O3/c1-11(17(22)12-6-3-2-4-7-12)20-14-10-15(21)13-8-5-9-19-16(13)18(14)23/h2-11,17,20,22H,1H3. The van der Waals surface area contributed by atoms with Crippen LogP contribution in [0.2, 0.25) is 0 Å². The molecule has 0 radical (unpaired) electrons. The first kappa shape index (κ1) is 15.1. The molecular formula is C18H16N2O3. The van der Waals surface area contributed by atoms with E-state index in [1.807, 2.05) is 30.3 Å². The van der Waals surface area contributed by atoms with Gasteiger partial charge < -0.3 is 10.4 Å². The molecule has 2 aromatic rings. The lowest BCUT2D eigenvalue weighted by molar-refractivity contribution is 0.0959. The molecule has 0 aliphatic heterocycles. The van der Waals surface area contributed by atoms with Gasteiger partial charge in [0.2, 0.25) is 5.78 Å². The van der Waals surface area contributed by atoms with Crippen molar-refractivity contribution in [3.63, 3.8) is 0 Å². The van der Waals surface area contributed by atoms with Crippen molar-refractivity contribution in [2.45, 2.75) is 19.1 Å². The molecule has 0 fully saturated rings. The Bertz CT molecular complexity index is 784. The number of Topliss-reactive ketones (excluding diaryl/α,β-unsaturated/α-hetero) is 1. The van der Waals surface area contributed by atoms with Gasteiger partial charge in [0.15, 0.2) is 5.78 Å². The maximum absolute atomic E-state index is 12.4. The third kappa shape index (κ3) is 2.91. The highest BCUT2D eigenvalue weighted by molar-refractivity contribution is 6.23. The molecule has 1 aromatic heterocycles. The van der Waals surface area contributed by atoms with Crippen molar-refractivity contribution in [2.24, 2.45) is 0 Å². The lowest BCUT2D eigenvalue weighted by Gasteiger charge is -2.24. The number of rotatable bonds is 4. The van der Waals surface area contributed by atoms with Gasteiger partial charge in [-0.25, -0.2) is 0 Å². The van der Waals surface area contributed by atoms with E-state index in [9.17, 15) is 14.7 Å². The van der Waals surface area contributed by atoms with Gasteiger partial charge >= 0.3 is 0 Å². The van der Waals surface area contributed by atoms with Gasteiger partial charge in [0.05, 0.1) is 23.4 Å². The van der Waals surface area contributed by atoms with E-state index >= 15 is 0 Å². The lowest BCUT2D eigenvalue weighted by Crippen LogP contribution is -2.36. The van der Waals surface area contributed by atoms with Crippen LogP contribution in [0.1, 0.15) is 39.4 Å². The number of hydrogen-bond acceptors (Lipinski definition) is 5. The summed E-state index contributed by atoms with van der Waals surface area (Å²) in [6.07, 6.45) is 1.94. The molecule has 0 saturated carbocycles. The number of nitrogens with one attached hydrogen (secondary N) is 1. The third-order valence-electron chi connectivity index (χ3n) is 3.81. The van der Waals surface area contributed by atoms with E-state index in [-0.39, 0.29) is 23.0 Å². The fraction of sp³-hybridized carbons (Fsp3) is 0.167. The normalized spacial score (nSPS) is 16.3. The third-order valence-corrected chi connectivity index (χ3v) is 3.81. The maximum atomic E-state index is 12.4. The van der Waals surface area contributed by atoms with Gasteiger partial charge in [-0.3, -0.25) is 14.6 Å². The Morgan fingerprint density at radius 3 is 2.57 bits per heavy atom. The molecule has 5 heteroatoms. The number of aliphatic hydroxyl groups is 1. The second-order valence-corrected chi connectivity index (χ2v) is 5.44. The number of carbonyl (C=O) groups excluding carboxylic acids is 2. The molecule has 2 unspecified atom stereocenters. The Morgan fingerprint density at radius 1 is 1.09 bits per heavy atom. The van der Waals surface area contributed by atoms with Crippen LogP contribution >= 0.6 is 0 Å². The van der Waals surface area contributed by atoms with Gasteiger partial charge in [-0.05, 0) is 24.6 Å². The molecule has 5 nitrogen and oxygen atoms in total. The van der Waals surface area contributed by atoms with Gasteiger partial charge in [-0.2, -0.15) is 0 Å². The summed E-state index contributed by atoms with van der Waals surface area (Å²) in [5.74, 6) is -0.607. The molecule has 116 valence electrons. The highest BCUT2D eigenvalue weighted by Crippen LogP contribution is 2.21. The smallest absolute Gasteiger partial charge is 0.228 e. The lowest BCUT2D eigenvalue weighted by atomic mass is 9.96. The van der Waals surface area contributed by atoms with Crippen LogP contribution in [0.3, 0.4) is 0 Å². The number of aliphatic hydroxyl groups excluding tert-OH is 1. The molecule has 2 N–H and O–H groups in total. The van der Waals surface area contributed by atoms with Crippen molar-refractivity contribution in [2.75, 3.05) is 0 Å². The van der Waals surface area contributed by atoms with Crippen molar-refractivity contribution in [3.8, 4) is 0 Å². The summed E-state index contributed by atoms with van der Waals surface area (Å²) < 4.78 is 0. The summed E-state index contributed by atoms with van der Waals surface area (Å²) in [4.78, 5) is 28.5. The van der Waals surface area contributed by atoms with E-state index in [4.69, 9.17) is 0 Å². The number of hydrogen-bond donors (Lipinski definition) is 2. The topological polar surface area (TPSA) is 79.3 Å². The predicted octanol–water partition coefficient (Wildman–Crippen LogP) is 2.06. The average molecular weight is 308 g/mol. The van der Waals surface area contributed by atoms with Crippen LogP contribution in [0.15, 0.2) is 60.4 Å². The largest absolute Gasteiger partial charge is 0.386 e. The summed E-state index contributed by atoms with van der Waals surface area (Å²) >= 11 is 0. The zero-order chi connectivity index (χ0) is 16.4. The highest BCUT2D eigenvalue weighted by Gasteiger charge is 2.28. The maximum Gasteiger partial charge on any atom is 0.228 e. The fourth-order valence-electron chi connectivity index (χ4n) is 2.56. The second kappa shape index (κ2) is 6.14. The van der Waals surface area contributed by atoms with E-state index < -0.39 is 12.1 Å². The minimum absolute atomic E-state index is 0.143. The van der Waals surface area contributed by atoms with E-state index in [1.54, 1.807) is 19.1 Å². The molecular weight excluding hydrogens is 292 g/mol. The van der Waals surface area contributed by atoms with Gasteiger partial charge in [-0.1, -0.05) is 30.3 Å². The van der Waals surface area contributed by atoms with Crippen LogP contribution in [0, 0.1) is 0 Å². The Balaban J connectivity index is 1.81. The number of benzene rings is 1. The first-order valence-corrected chi connectivity index (χ1v) is 7.33. The van der Waals surface area contributed by atoms with Crippen molar-refractivity contribution in [1.29, 1.82) is 0 Å². The molecule has 1 heterocycles. The Hall–Kier alpha value is -2.79. The van der Waals surface area contributed by atoms with Gasteiger partial charge in [0.1, 0.15) is 5.69 Å². The van der Waals surface area contributed by atoms with E-state index in [2.05, 4.69) is 10.3 Å².